The van der Waals surface area contributed by atoms with Crippen LogP contribution in [0.5, 0.6) is 0 Å². The number of benzene rings is 2. The van der Waals surface area contributed by atoms with Crippen LogP contribution in [-0.2, 0) is 11.3 Å². The Morgan fingerprint density at radius 3 is 2.67 bits per heavy atom. The van der Waals surface area contributed by atoms with Gasteiger partial charge in [0.1, 0.15) is 5.82 Å². The van der Waals surface area contributed by atoms with Crippen molar-refractivity contribution in [1.82, 2.24) is 14.8 Å². The third kappa shape index (κ3) is 5.03. The number of thioether (sulfide) groups is 1. The summed E-state index contributed by atoms with van der Waals surface area (Å²) in [5.41, 5.74) is 1.63. The quantitative estimate of drug-likeness (QED) is 0.565. The number of aromatic nitrogens is 3. The van der Waals surface area contributed by atoms with Gasteiger partial charge in [0, 0.05) is 5.02 Å². The molecule has 0 fully saturated rings. The van der Waals surface area contributed by atoms with Crippen LogP contribution in [0.1, 0.15) is 18.3 Å². The molecule has 5 nitrogen and oxygen atoms in total. The summed E-state index contributed by atoms with van der Waals surface area (Å²) < 4.78 is 2.00. The molecular weight excluding hydrogens is 403 g/mol. The molecule has 1 aromatic heterocycles. The highest BCUT2D eigenvalue weighted by Crippen LogP contribution is 2.28. The Hall–Kier alpha value is -2.02. The molecule has 0 aliphatic rings. The number of hydrogen-bond donors (Lipinski definition) is 1. The van der Waals surface area contributed by atoms with Crippen molar-refractivity contribution in [3.63, 3.8) is 0 Å². The van der Waals surface area contributed by atoms with Crippen LogP contribution in [0.4, 0.5) is 5.69 Å². The minimum Gasteiger partial charge on any atom is -0.324 e. The minimum absolute atomic E-state index is 0.184. The molecule has 1 unspecified atom stereocenters. The summed E-state index contributed by atoms with van der Waals surface area (Å²) in [7, 11) is 0. The molecule has 140 valence electrons. The van der Waals surface area contributed by atoms with E-state index in [0.29, 0.717) is 27.4 Å². The summed E-state index contributed by atoms with van der Waals surface area (Å²) in [6.07, 6.45) is 0. The van der Waals surface area contributed by atoms with Crippen molar-refractivity contribution in [2.45, 2.75) is 30.8 Å². The molecule has 27 heavy (non-hydrogen) atoms. The Balaban J connectivity index is 1.71. The predicted octanol–water partition coefficient (Wildman–Crippen LogP) is 5.06. The number of halogens is 2. The summed E-state index contributed by atoms with van der Waals surface area (Å²) in [5, 5.41) is 12.4. The zero-order valence-electron chi connectivity index (χ0n) is 14.8. The van der Waals surface area contributed by atoms with Gasteiger partial charge in [0.25, 0.3) is 0 Å². The number of nitrogens with one attached hydrogen (secondary N) is 1. The zero-order chi connectivity index (χ0) is 19.4. The fourth-order valence-electron chi connectivity index (χ4n) is 2.44. The average Bonchev–Trinajstić information content (AvgIpc) is 2.99. The van der Waals surface area contributed by atoms with E-state index in [0.717, 1.165) is 11.4 Å². The number of nitrogens with zero attached hydrogens (tertiary/aromatic N) is 3. The van der Waals surface area contributed by atoms with Gasteiger partial charge in [-0.1, -0.05) is 65.3 Å². The Bertz CT molecular complexity index is 946. The largest absolute Gasteiger partial charge is 0.324 e. The van der Waals surface area contributed by atoms with Crippen molar-refractivity contribution in [3.8, 4) is 0 Å². The van der Waals surface area contributed by atoms with E-state index in [9.17, 15) is 4.79 Å². The normalized spacial score (nSPS) is 12.0. The molecule has 0 saturated carbocycles. The second kappa shape index (κ2) is 8.78. The van der Waals surface area contributed by atoms with Crippen LogP contribution in [0.15, 0.2) is 53.7 Å². The second-order valence-corrected chi connectivity index (χ2v) is 8.13. The average molecular weight is 421 g/mol. The molecule has 2 aromatic carbocycles. The van der Waals surface area contributed by atoms with E-state index >= 15 is 0 Å². The molecule has 3 aromatic rings. The highest BCUT2D eigenvalue weighted by molar-refractivity contribution is 8.00. The van der Waals surface area contributed by atoms with Crippen molar-refractivity contribution in [1.29, 1.82) is 0 Å². The third-order valence-electron chi connectivity index (χ3n) is 3.92. The Labute approximate surface area is 172 Å². The van der Waals surface area contributed by atoms with Gasteiger partial charge in [-0.15, -0.1) is 10.2 Å². The van der Waals surface area contributed by atoms with E-state index in [4.69, 9.17) is 23.2 Å². The minimum atomic E-state index is -0.391. The maximum Gasteiger partial charge on any atom is 0.237 e. The summed E-state index contributed by atoms with van der Waals surface area (Å²) in [6.45, 7) is 4.36. The van der Waals surface area contributed by atoms with E-state index in [1.807, 2.05) is 48.7 Å². The van der Waals surface area contributed by atoms with Gasteiger partial charge in [-0.2, -0.15) is 0 Å². The van der Waals surface area contributed by atoms with Crippen molar-refractivity contribution in [2.75, 3.05) is 5.32 Å². The van der Waals surface area contributed by atoms with Crippen LogP contribution in [0.25, 0.3) is 0 Å². The molecular formula is C19H18Cl2N4OS. The van der Waals surface area contributed by atoms with Crippen molar-refractivity contribution >= 4 is 46.6 Å². The van der Waals surface area contributed by atoms with E-state index in [1.54, 1.807) is 18.2 Å². The smallest absolute Gasteiger partial charge is 0.237 e. The molecule has 3 rings (SSSR count). The summed E-state index contributed by atoms with van der Waals surface area (Å²) >= 11 is 13.4. The number of amides is 1. The Morgan fingerprint density at radius 2 is 1.93 bits per heavy atom. The number of rotatable bonds is 6. The topological polar surface area (TPSA) is 59.8 Å². The number of carbonyl (C=O) groups is 1. The zero-order valence-corrected chi connectivity index (χ0v) is 17.1. The Morgan fingerprint density at radius 1 is 1.19 bits per heavy atom. The molecule has 1 N–H and O–H groups in total. The van der Waals surface area contributed by atoms with Crippen molar-refractivity contribution in [3.05, 3.63) is 70.0 Å². The second-order valence-electron chi connectivity index (χ2n) is 5.98. The maximum atomic E-state index is 12.6. The van der Waals surface area contributed by atoms with E-state index in [1.165, 1.54) is 11.8 Å². The molecule has 0 aliphatic heterocycles. The first kappa shape index (κ1) is 19.7. The lowest BCUT2D eigenvalue weighted by Gasteiger charge is -2.14. The van der Waals surface area contributed by atoms with Crippen LogP contribution in [0.2, 0.25) is 10.0 Å². The van der Waals surface area contributed by atoms with Crippen LogP contribution < -0.4 is 5.32 Å². The molecule has 0 bridgehead atoms. The first-order chi connectivity index (χ1) is 12.9. The summed E-state index contributed by atoms with van der Waals surface area (Å²) in [5.74, 6) is 0.614. The number of carbonyl (C=O) groups excluding carboxylic acids is 1. The third-order valence-corrected chi connectivity index (χ3v) is 5.57. The fraction of sp³-hybridized carbons (Fsp3) is 0.211. The first-order valence-corrected chi connectivity index (χ1v) is 9.94. The van der Waals surface area contributed by atoms with Gasteiger partial charge in [-0.3, -0.25) is 4.79 Å². The molecule has 1 atom stereocenters. The highest BCUT2D eigenvalue weighted by atomic mass is 35.5. The van der Waals surface area contributed by atoms with E-state index in [2.05, 4.69) is 15.5 Å². The van der Waals surface area contributed by atoms with Gasteiger partial charge in [0.05, 0.1) is 22.5 Å². The summed E-state index contributed by atoms with van der Waals surface area (Å²) in [6, 6.07) is 15.0. The first-order valence-electron chi connectivity index (χ1n) is 8.30. The van der Waals surface area contributed by atoms with Gasteiger partial charge in [0.15, 0.2) is 5.16 Å². The number of anilines is 1. The van der Waals surface area contributed by atoms with E-state index < -0.39 is 5.25 Å². The summed E-state index contributed by atoms with van der Waals surface area (Å²) in [4.78, 5) is 12.6. The molecule has 8 heteroatoms. The SMILES string of the molecule is Cc1nnc(SC(C)C(=O)Nc2cc(Cl)ccc2Cl)n1Cc1ccccc1. The van der Waals surface area contributed by atoms with Crippen LogP contribution >= 0.6 is 35.0 Å². The monoisotopic (exact) mass is 420 g/mol. The van der Waals surface area contributed by atoms with Gasteiger partial charge in [-0.25, -0.2) is 0 Å². The standard InChI is InChI=1S/C19H18Cl2N4OS/c1-12(18(26)22-17-10-15(20)8-9-16(17)21)27-19-24-23-13(2)25(19)11-14-6-4-3-5-7-14/h3-10,12H,11H2,1-2H3,(H,22,26). The van der Waals surface area contributed by atoms with Gasteiger partial charge >= 0.3 is 0 Å². The lowest BCUT2D eigenvalue weighted by atomic mass is 10.2. The van der Waals surface area contributed by atoms with Gasteiger partial charge in [-0.05, 0) is 37.6 Å². The van der Waals surface area contributed by atoms with Crippen molar-refractivity contribution < 1.29 is 4.79 Å². The lowest BCUT2D eigenvalue weighted by Crippen LogP contribution is -2.23. The van der Waals surface area contributed by atoms with Crippen LogP contribution in [0.3, 0.4) is 0 Å². The predicted molar refractivity (Wildman–Crippen MR) is 111 cm³/mol. The maximum absolute atomic E-state index is 12.6. The number of hydrogen-bond acceptors (Lipinski definition) is 4. The van der Waals surface area contributed by atoms with Crippen LogP contribution in [0, 0.1) is 6.92 Å². The molecule has 0 saturated heterocycles. The molecule has 0 radical (unpaired) electrons. The van der Waals surface area contributed by atoms with Crippen molar-refractivity contribution in [2.24, 2.45) is 0 Å². The molecule has 0 spiro atoms. The Kier molecular flexibility index (Phi) is 6.42. The highest BCUT2D eigenvalue weighted by Gasteiger charge is 2.20. The fourth-order valence-corrected chi connectivity index (χ4v) is 3.67. The lowest BCUT2D eigenvalue weighted by molar-refractivity contribution is -0.115. The number of aryl methyl sites for hydroxylation is 1. The van der Waals surface area contributed by atoms with Crippen LogP contribution in [-0.4, -0.2) is 25.9 Å². The van der Waals surface area contributed by atoms with Gasteiger partial charge in [0.2, 0.25) is 5.91 Å². The van der Waals surface area contributed by atoms with Gasteiger partial charge < -0.3 is 9.88 Å². The molecule has 0 aliphatic carbocycles. The molecule has 1 heterocycles. The molecule has 1 amide bonds. The van der Waals surface area contributed by atoms with E-state index in [-0.39, 0.29) is 5.91 Å².